The van der Waals surface area contributed by atoms with Crippen molar-refractivity contribution in [2.24, 2.45) is 5.41 Å². The number of anilines is 2. The minimum atomic E-state index is 0.0697. The minimum absolute atomic E-state index is 0.0697. The predicted octanol–water partition coefficient (Wildman–Crippen LogP) is 3.88. The highest BCUT2D eigenvalue weighted by molar-refractivity contribution is 7.99. The number of nitrogens with two attached hydrogens (primary N) is 1. The van der Waals surface area contributed by atoms with E-state index in [2.05, 4.69) is 18.7 Å². The van der Waals surface area contributed by atoms with Gasteiger partial charge in [0.1, 0.15) is 5.00 Å². The SMILES string of the molecule is CSc1c(N2CCCC(C)(C)C2)sc(C(C)=O)c1N. The Kier molecular flexibility index (Phi) is 4.16. The number of rotatable bonds is 3. The number of carbonyl (C=O) groups excluding carboxylic acids is 1. The third-order valence-electron chi connectivity index (χ3n) is 3.59. The van der Waals surface area contributed by atoms with E-state index in [9.17, 15) is 4.79 Å². The lowest BCUT2D eigenvalue weighted by molar-refractivity contribution is 0.102. The number of thioether (sulfide) groups is 1. The summed E-state index contributed by atoms with van der Waals surface area (Å²) < 4.78 is 0. The highest BCUT2D eigenvalue weighted by atomic mass is 32.2. The number of hydrogen-bond acceptors (Lipinski definition) is 5. The van der Waals surface area contributed by atoms with Crippen molar-refractivity contribution >= 4 is 39.6 Å². The molecule has 0 atom stereocenters. The summed E-state index contributed by atoms with van der Waals surface area (Å²) >= 11 is 3.20. The fourth-order valence-electron chi connectivity index (χ4n) is 2.68. The molecule has 106 valence electrons. The second-order valence-corrected chi connectivity index (χ2v) is 7.74. The molecule has 3 nitrogen and oxygen atoms in total. The lowest BCUT2D eigenvalue weighted by atomic mass is 9.84. The third kappa shape index (κ3) is 2.92. The van der Waals surface area contributed by atoms with Crippen molar-refractivity contribution in [2.45, 2.75) is 38.5 Å². The van der Waals surface area contributed by atoms with Gasteiger partial charge in [0.2, 0.25) is 0 Å². The standard InChI is InChI=1S/C14H22N2OS2/c1-9(17)11-10(15)12(18-4)13(19-11)16-7-5-6-14(2,3)8-16/h5-8,15H2,1-4H3. The molecular formula is C14H22N2OS2. The lowest BCUT2D eigenvalue weighted by Gasteiger charge is -2.39. The highest BCUT2D eigenvalue weighted by Gasteiger charge is 2.30. The summed E-state index contributed by atoms with van der Waals surface area (Å²) in [6.07, 6.45) is 4.49. The zero-order chi connectivity index (χ0) is 14.2. The number of ketones is 1. The topological polar surface area (TPSA) is 46.3 Å². The summed E-state index contributed by atoms with van der Waals surface area (Å²) in [5, 5.41) is 1.18. The van der Waals surface area contributed by atoms with Crippen LogP contribution in [0.5, 0.6) is 0 Å². The van der Waals surface area contributed by atoms with Gasteiger partial charge in [0, 0.05) is 20.0 Å². The summed E-state index contributed by atoms with van der Waals surface area (Å²) in [7, 11) is 0. The maximum atomic E-state index is 11.7. The van der Waals surface area contributed by atoms with Gasteiger partial charge < -0.3 is 10.6 Å². The van der Waals surface area contributed by atoms with Crippen molar-refractivity contribution in [1.82, 2.24) is 0 Å². The number of nitrogens with zero attached hydrogens (tertiary/aromatic N) is 1. The van der Waals surface area contributed by atoms with Crippen molar-refractivity contribution in [2.75, 3.05) is 30.0 Å². The molecule has 5 heteroatoms. The number of Topliss-reactive ketones (excluding diaryl/α,β-unsaturated/α-hetero) is 1. The highest BCUT2D eigenvalue weighted by Crippen LogP contribution is 2.46. The molecule has 0 bridgehead atoms. The smallest absolute Gasteiger partial charge is 0.171 e. The molecule has 1 aliphatic rings. The van der Waals surface area contributed by atoms with Gasteiger partial charge in [-0.25, -0.2) is 0 Å². The van der Waals surface area contributed by atoms with Gasteiger partial charge in [-0.05, 0) is 24.5 Å². The van der Waals surface area contributed by atoms with E-state index >= 15 is 0 Å². The Hall–Kier alpha value is -0.680. The Labute approximate surface area is 123 Å². The Morgan fingerprint density at radius 3 is 2.68 bits per heavy atom. The molecule has 1 saturated heterocycles. The van der Waals surface area contributed by atoms with Gasteiger partial charge in [0.15, 0.2) is 5.78 Å². The van der Waals surface area contributed by atoms with E-state index in [1.54, 1.807) is 30.0 Å². The van der Waals surface area contributed by atoms with Crippen molar-refractivity contribution in [3.63, 3.8) is 0 Å². The van der Waals surface area contributed by atoms with Gasteiger partial charge in [-0.15, -0.1) is 23.1 Å². The van der Waals surface area contributed by atoms with E-state index in [0.29, 0.717) is 16.0 Å². The molecule has 1 aromatic rings. The van der Waals surface area contributed by atoms with E-state index < -0.39 is 0 Å². The molecule has 2 heterocycles. The first-order valence-electron chi connectivity index (χ1n) is 6.58. The van der Waals surface area contributed by atoms with Crippen LogP contribution in [0.1, 0.15) is 43.3 Å². The fraction of sp³-hybridized carbons (Fsp3) is 0.643. The summed E-state index contributed by atoms with van der Waals surface area (Å²) in [6.45, 7) is 8.31. The Balaban J connectivity index is 2.39. The monoisotopic (exact) mass is 298 g/mol. The zero-order valence-electron chi connectivity index (χ0n) is 12.1. The molecule has 0 spiro atoms. The summed E-state index contributed by atoms with van der Waals surface area (Å²) in [4.78, 5) is 15.9. The second kappa shape index (κ2) is 5.37. The molecule has 0 radical (unpaired) electrons. The molecule has 1 aromatic heterocycles. The molecular weight excluding hydrogens is 276 g/mol. The zero-order valence-corrected chi connectivity index (χ0v) is 13.7. The van der Waals surface area contributed by atoms with Crippen LogP contribution in [-0.4, -0.2) is 25.1 Å². The molecule has 0 unspecified atom stereocenters. The van der Waals surface area contributed by atoms with E-state index in [0.717, 1.165) is 18.0 Å². The van der Waals surface area contributed by atoms with Gasteiger partial charge >= 0.3 is 0 Å². The Morgan fingerprint density at radius 2 is 2.16 bits per heavy atom. The molecule has 0 saturated carbocycles. The maximum absolute atomic E-state index is 11.7. The first-order valence-corrected chi connectivity index (χ1v) is 8.62. The van der Waals surface area contributed by atoms with E-state index in [1.807, 2.05) is 6.26 Å². The van der Waals surface area contributed by atoms with Crippen molar-refractivity contribution in [1.29, 1.82) is 0 Å². The molecule has 1 aliphatic heterocycles. The van der Waals surface area contributed by atoms with Crippen LogP contribution in [0.15, 0.2) is 4.90 Å². The predicted molar refractivity (Wildman–Crippen MR) is 85.7 cm³/mol. The molecule has 2 N–H and O–H groups in total. The number of nitrogen functional groups attached to an aromatic ring is 1. The van der Waals surface area contributed by atoms with Crippen molar-refractivity contribution < 1.29 is 4.79 Å². The summed E-state index contributed by atoms with van der Waals surface area (Å²) in [5.74, 6) is 0.0697. The Bertz CT molecular complexity index is 494. The number of carbonyl (C=O) groups is 1. The van der Waals surface area contributed by atoms with Crippen LogP contribution >= 0.6 is 23.1 Å². The van der Waals surface area contributed by atoms with Crippen LogP contribution in [0.25, 0.3) is 0 Å². The largest absolute Gasteiger partial charge is 0.396 e. The van der Waals surface area contributed by atoms with Gasteiger partial charge in [-0.3, -0.25) is 4.79 Å². The molecule has 2 rings (SSSR count). The number of thiophene rings is 1. The first kappa shape index (κ1) is 14.7. The molecule has 0 aromatic carbocycles. The summed E-state index contributed by atoms with van der Waals surface area (Å²) in [5.41, 5.74) is 7.14. The molecule has 1 fully saturated rings. The third-order valence-corrected chi connectivity index (χ3v) is 5.91. The van der Waals surface area contributed by atoms with Crippen LogP contribution in [0.2, 0.25) is 0 Å². The first-order chi connectivity index (χ1) is 8.85. The van der Waals surface area contributed by atoms with Crippen molar-refractivity contribution in [3.8, 4) is 0 Å². The van der Waals surface area contributed by atoms with E-state index in [1.165, 1.54) is 17.8 Å². The van der Waals surface area contributed by atoms with Gasteiger partial charge in [-0.2, -0.15) is 0 Å². The molecule has 0 amide bonds. The van der Waals surface area contributed by atoms with E-state index in [4.69, 9.17) is 5.73 Å². The van der Waals surface area contributed by atoms with Crippen LogP contribution in [0, 0.1) is 5.41 Å². The second-order valence-electron chi connectivity index (χ2n) is 5.93. The average Bonchev–Trinajstić information content (AvgIpc) is 2.65. The number of hydrogen-bond donors (Lipinski definition) is 1. The van der Waals surface area contributed by atoms with Gasteiger partial charge in [0.25, 0.3) is 0 Å². The average molecular weight is 298 g/mol. The Morgan fingerprint density at radius 1 is 1.47 bits per heavy atom. The van der Waals surface area contributed by atoms with Crippen LogP contribution < -0.4 is 10.6 Å². The van der Waals surface area contributed by atoms with Crippen molar-refractivity contribution in [3.05, 3.63) is 4.88 Å². The summed E-state index contributed by atoms with van der Waals surface area (Å²) in [6, 6.07) is 0. The van der Waals surface area contributed by atoms with Crippen LogP contribution in [0.4, 0.5) is 10.7 Å². The normalized spacial score (nSPS) is 18.6. The van der Waals surface area contributed by atoms with Gasteiger partial charge in [-0.1, -0.05) is 13.8 Å². The number of piperidine rings is 1. The molecule has 0 aliphatic carbocycles. The van der Waals surface area contributed by atoms with Crippen LogP contribution in [0.3, 0.4) is 0 Å². The van der Waals surface area contributed by atoms with E-state index in [-0.39, 0.29) is 5.78 Å². The van der Waals surface area contributed by atoms with Gasteiger partial charge in [0.05, 0.1) is 15.5 Å². The quantitative estimate of drug-likeness (QED) is 0.679. The maximum Gasteiger partial charge on any atom is 0.171 e. The molecule has 19 heavy (non-hydrogen) atoms. The lowest BCUT2D eigenvalue weighted by Crippen LogP contribution is -2.39. The minimum Gasteiger partial charge on any atom is -0.396 e. The van der Waals surface area contributed by atoms with Crippen LogP contribution in [-0.2, 0) is 0 Å². The fourth-order valence-corrected chi connectivity index (χ4v) is 4.78.